The Hall–Kier alpha value is -2.59. The fraction of sp³-hybridized carbons (Fsp3) is 0.364. The van der Waals surface area contributed by atoms with E-state index >= 15 is 0 Å². The van der Waals surface area contributed by atoms with E-state index in [0.717, 1.165) is 45.0 Å². The van der Waals surface area contributed by atoms with Crippen LogP contribution >= 0.6 is 11.6 Å². The van der Waals surface area contributed by atoms with E-state index in [-0.39, 0.29) is 5.91 Å². The van der Waals surface area contributed by atoms with E-state index in [1.54, 1.807) is 18.2 Å². The van der Waals surface area contributed by atoms with Crippen molar-refractivity contribution in [3.05, 3.63) is 59.1 Å². The Labute approximate surface area is 176 Å². The number of hydrogen-bond acceptors (Lipinski definition) is 5. The predicted molar refractivity (Wildman–Crippen MR) is 114 cm³/mol. The molecule has 2 aromatic carbocycles. The van der Waals surface area contributed by atoms with Crippen LogP contribution in [0.5, 0.6) is 5.75 Å². The molecule has 0 atom stereocenters. The minimum Gasteiger partial charge on any atom is -0.492 e. The molecular formula is C22H25ClN4O2. The molecule has 2 aromatic rings. The highest BCUT2D eigenvalue weighted by Crippen LogP contribution is 2.16. The van der Waals surface area contributed by atoms with Crippen LogP contribution in [0.4, 0.5) is 5.69 Å². The summed E-state index contributed by atoms with van der Waals surface area (Å²) in [6, 6.07) is 16.5. The highest BCUT2D eigenvalue weighted by atomic mass is 35.5. The van der Waals surface area contributed by atoms with Crippen molar-refractivity contribution in [3.63, 3.8) is 0 Å². The van der Waals surface area contributed by atoms with Crippen LogP contribution in [0.3, 0.4) is 0 Å². The van der Waals surface area contributed by atoms with Crippen LogP contribution in [0.1, 0.15) is 12.0 Å². The molecule has 1 aliphatic rings. The van der Waals surface area contributed by atoms with E-state index in [0.29, 0.717) is 29.3 Å². The van der Waals surface area contributed by atoms with Gasteiger partial charge in [-0.25, -0.2) is 0 Å². The van der Waals surface area contributed by atoms with Crippen LogP contribution in [0.2, 0.25) is 5.02 Å². The Bertz CT molecular complexity index is 843. The minimum atomic E-state index is -0.0634. The second-order valence-electron chi connectivity index (χ2n) is 6.94. The first-order chi connectivity index (χ1) is 14.1. The predicted octanol–water partition coefficient (Wildman–Crippen LogP) is 3.24. The maximum atomic E-state index is 12.2. The topological polar surface area (TPSA) is 68.6 Å². The van der Waals surface area contributed by atoms with Crippen molar-refractivity contribution >= 4 is 23.2 Å². The van der Waals surface area contributed by atoms with E-state index in [4.69, 9.17) is 21.6 Å². The number of rotatable bonds is 8. The maximum Gasteiger partial charge on any atom is 0.225 e. The van der Waals surface area contributed by atoms with Crippen LogP contribution in [0.15, 0.2) is 48.5 Å². The summed E-state index contributed by atoms with van der Waals surface area (Å²) in [7, 11) is 0. The van der Waals surface area contributed by atoms with Crippen molar-refractivity contribution in [3.8, 4) is 11.8 Å². The summed E-state index contributed by atoms with van der Waals surface area (Å²) >= 11 is 5.87. The Morgan fingerprint density at radius 3 is 2.38 bits per heavy atom. The summed E-state index contributed by atoms with van der Waals surface area (Å²) < 4.78 is 5.76. The molecule has 1 saturated heterocycles. The third-order valence-corrected chi connectivity index (χ3v) is 5.18. The van der Waals surface area contributed by atoms with E-state index in [1.807, 2.05) is 30.3 Å². The third-order valence-electron chi connectivity index (χ3n) is 4.93. The number of para-hydroxylation sites is 1. The molecule has 0 unspecified atom stereocenters. The number of ether oxygens (including phenoxy) is 1. The van der Waals surface area contributed by atoms with Crippen LogP contribution in [-0.4, -0.2) is 61.6 Å². The molecule has 1 aliphatic heterocycles. The number of piperazine rings is 1. The summed E-state index contributed by atoms with van der Waals surface area (Å²) in [6.45, 7) is 6.03. The van der Waals surface area contributed by atoms with Gasteiger partial charge in [0.2, 0.25) is 5.91 Å². The van der Waals surface area contributed by atoms with Crippen LogP contribution in [0.25, 0.3) is 0 Å². The fourth-order valence-corrected chi connectivity index (χ4v) is 3.35. The van der Waals surface area contributed by atoms with Gasteiger partial charge in [0.25, 0.3) is 0 Å². The first-order valence-corrected chi connectivity index (χ1v) is 10.1. The molecule has 0 saturated carbocycles. The fourth-order valence-electron chi connectivity index (χ4n) is 3.22. The zero-order valence-corrected chi connectivity index (χ0v) is 17.1. The number of nitrogens with zero attached hydrogens (tertiary/aromatic N) is 3. The molecule has 1 amide bonds. The van der Waals surface area contributed by atoms with Gasteiger partial charge in [-0.1, -0.05) is 23.7 Å². The third kappa shape index (κ3) is 6.75. The molecule has 29 heavy (non-hydrogen) atoms. The average molecular weight is 413 g/mol. The standard InChI is InChI=1S/C22H25ClN4O2/c23-19-5-7-20(8-6-19)29-16-15-27-13-11-26(12-14-27)10-9-22(28)25-21-4-2-1-3-18(21)17-24/h1-8H,9-16H2,(H,25,28). The number of nitriles is 1. The number of amides is 1. The van der Waals surface area contributed by atoms with E-state index < -0.39 is 0 Å². The van der Waals surface area contributed by atoms with Gasteiger partial charge in [-0.2, -0.15) is 5.26 Å². The molecule has 6 nitrogen and oxygen atoms in total. The largest absolute Gasteiger partial charge is 0.492 e. The summed E-state index contributed by atoms with van der Waals surface area (Å²) in [5.41, 5.74) is 1.06. The second kappa shape index (κ2) is 10.8. The van der Waals surface area contributed by atoms with Gasteiger partial charge in [0.15, 0.2) is 0 Å². The number of halogens is 1. The summed E-state index contributed by atoms with van der Waals surface area (Å²) in [5, 5.41) is 12.6. The molecule has 3 rings (SSSR count). The van der Waals surface area contributed by atoms with Gasteiger partial charge in [-0.15, -0.1) is 0 Å². The molecule has 0 bridgehead atoms. The normalized spacial score (nSPS) is 14.9. The first-order valence-electron chi connectivity index (χ1n) is 9.76. The van der Waals surface area contributed by atoms with Gasteiger partial charge in [0.05, 0.1) is 11.3 Å². The molecule has 1 N–H and O–H groups in total. The lowest BCUT2D eigenvalue weighted by Gasteiger charge is -2.34. The van der Waals surface area contributed by atoms with Crippen molar-refractivity contribution in [1.82, 2.24) is 9.80 Å². The van der Waals surface area contributed by atoms with E-state index in [2.05, 4.69) is 21.2 Å². The van der Waals surface area contributed by atoms with Crippen molar-refractivity contribution in [2.75, 3.05) is 51.2 Å². The zero-order chi connectivity index (χ0) is 20.5. The lowest BCUT2D eigenvalue weighted by atomic mass is 10.2. The molecule has 0 aliphatic carbocycles. The number of benzene rings is 2. The van der Waals surface area contributed by atoms with Gasteiger partial charge in [0.1, 0.15) is 18.4 Å². The SMILES string of the molecule is N#Cc1ccccc1NC(=O)CCN1CCN(CCOc2ccc(Cl)cc2)CC1. The molecule has 7 heteroatoms. The van der Waals surface area contributed by atoms with Gasteiger partial charge in [-0.3, -0.25) is 9.69 Å². The summed E-state index contributed by atoms with van der Waals surface area (Å²) in [6.07, 6.45) is 0.416. The molecular weight excluding hydrogens is 388 g/mol. The molecule has 0 aromatic heterocycles. The molecule has 1 fully saturated rings. The summed E-state index contributed by atoms with van der Waals surface area (Å²) in [4.78, 5) is 16.9. The smallest absolute Gasteiger partial charge is 0.225 e. The lowest BCUT2D eigenvalue weighted by molar-refractivity contribution is -0.116. The number of anilines is 1. The highest BCUT2D eigenvalue weighted by molar-refractivity contribution is 6.30. The van der Waals surface area contributed by atoms with Crippen LogP contribution in [-0.2, 0) is 4.79 Å². The second-order valence-corrected chi connectivity index (χ2v) is 7.38. The number of nitrogens with one attached hydrogen (secondary N) is 1. The Morgan fingerprint density at radius 2 is 1.69 bits per heavy atom. The quantitative estimate of drug-likeness (QED) is 0.720. The maximum absolute atomic E-state index is 12.2. The molecule has 1 heterocycles. The van der Waals surface area contributed by atoms with Crippen molar-refractivity contribution in [2.45, 2.75) is 6.42 Å². The van der Waals surface area contributed by atoms with Crippen molar-refractivity contribution in [2.24, 2.45) is 0 Å². The highest BCUT2D eigenvalue weighted by Gasteiger charge is 2.17. The van der Waals surface area contributed by atoms with E-state index in [1.165, 1.54) is 0 Å². The van der Waals surface area contributed by atoms with Crippen LogP contribution < -0.4 is 10.1 Å². The van der Waals surface area contributed by atoms with Gasteiger partial charge in [-0.05, 0) is 36.4 Å². The number of hydrogen-bond donors (Lipinski definition) is 1. The van der Waals surface area contributed by atoms with Gasteiger partial charge >= 0.3 is 0 Å². The van der Waals surface area contributed by atoms with Crippen molar-refractivity contribution in [1.29, 1.82) is 5.26 Å². The minimum absolute atomic E-state index is 0.0634. The Kier molecular flexibility index (Phi) is 7.88. The van der Waals surface area contributed by atoms with Gasteiger partial charge in [0, 0.05) is 50.7 Å². The Morgan fingerprint density at radius 1 is 1.03 bits per heavy atom. The Balaban J connectivity index is 1.32. The monoisotopic (exact) mass is 412 g/mol. The molecule has 0 spiro atoms. The molecule has 0 radical (unpaired) electrons. The summed E-state index contributed by atoms with van der Waals surface area (Å²) in [5.74, 6) is 0.767. The van der Waals surface area contributed by atoms with E-state index in [9.17, 15) is 4.79 Å². The molecule has 152 valence electrons. The van der Waals surface area contributed by atoms with Gasteiger partial charge < -0.3 is 15.0 Å². The average Bonchev–Trinajstić information content (AvgIpc) is 2.75. The zero-order valence-electron chi connectivity index (χ0n) is 16.3. The number of carbonyl (C=O) groups excluding carboxylic acids is 1. The lowest BCUT2D eigenvalue weighted by Crippen LogP contribution is -2.48. The first kappa shape index (κ1) is 21.1. The van der Waals surface area contributed by atoms with Crippen LogP contribution in [0, 0.1) is 11.3 Å². The van der Waals surface area contributed by atoms with Crippen molar-refractivity contribution < 1.29 is 9.53 Å². The number of carbonyl (C=O) groups is 1.